The Kier molecular flexibility index (Phi) is 4.24. The number of hydrogen-bond donors (Lipinski definition) is 1. The van der Waals surface area contributed by atoms with Crippen molar-refractivity contribution in [1.82, 2.24) is 4.98 Å². The monoisotopic (exact) mass is 208 g/mol. The Morgan fingerprint density at radius 3 is 2.87 bits per heavy atom. The number of pyridine rings is 1. The first-order chi connectivity index (χ1) is 7.13. The van der Waals surface area contributed by atoms with Crippen molar-refractivity contribution in [2.45, 2.75) is 26.3 Å². The third-order valence-corrected chi connectivity index (χ3v) is 2.05. The predicted molar refractivity (Wildman–Crippen MR) is 57.2 cm³/mol. The molecule has 1 rings (SSSR count). The second-order valence-corrected chi connectivity index (χ2v) is 3.35. The van der Waals surface area contributed by atoms with Crippen molar-refractivity contribution >= 4 is 5.97 Å². The van der Waals surface area contributed by atoms with E-state index in [1.54, 1.807) is 13.1 Å². The summed E-state index contributed by atoms with van der Waals surface area (Å²) in [5, 5.41) is 0. The van der Waals surface area contributed by atoms with Crippen LogP contribution in [0.2, 0.25) is 0 Å². The zero-order valence-corrected chi connectivity index (χ0v) is 9.06. The molecule has 0 amide bonds. The molecule has 0 unspecified atom stereocenters. The molecule has 1 heterocycles. The first-order valence-corrected chi connectivity index (χ1v) is 4.97. The van der Waals surface area contributed by atoms with Crippen LogP contribution in [0.4, 0.5) is 0 Å². The van der Waals surface area contributed by atoms with E-state index in [1.807, 2.05) is 19.1 Å². The van der Waals surface area contributed by atoms with Gasteiger partial charge in [-0.05, 0) is 25.5 Å². The SMILES string of the molecule is CCOC(=O)C[C@H](N)c1ccc(C)nc1. The summed E-state index contributed by atoms with van der Waals surface area (Å²) < 4.78 is 4.82. The first-order valence-electron chi connectivity index (χ1n) is 4.97. The fraction of sp³-hybridized carbons (Fsp3) is 0.455. The minimum absolute atomic E-state index is 0.193. The summed E-state index contributed by atoms with van der Waals surface area (Å²) in [7, 11) is 0. The molecule has 4 nitrogen and oxygen atoms in total. The molecule has 1 aromatic heterocycles. The van der Waals surface area contributed by atoms with Gasteiger partial charge in [0.1, 0.15) is 0 Å². The van der Waals surface area contributed by atoms with Crippen LogP contribution in [0.25, 0.3) is 0 Å². The van der Waals surface area contributed by atoms with Gasteiger partial charge in [0, 0.05) is 17.9 Å². The Bertz CT molecular complexity index is 322. The molecule has 0 radical (unpaired) electrons. The van der Waals surface area contributed by atoms with Crippen molar-refractivity contribution < 1.29 is 9.53 Å². The molecule has 0 fully saturated rings. The number of esters is 1. The molecule has 4 heteroatoms. The molecule has 0 bridgehead atoms. The topological polar surface area (TPSA) is 65.2 Å². The van der Waals surface area contributed by atoms with E-state index in [0.29, 0.717) is 6.61 Å². The molecule has 0 aliphatic carbocycles. The number of ether oxygens (including phenoxy) is 1. The van der Waals surface area contributed by atoms with Crippen molar-refractivity contribution in [1.29, 1.82) is 0 Å². The maximum Gasteiger partial charge on any atom is 0.307 e. The Labute approximate surface area is 89.5 Å². The highest BCUT2D eigenvalue weighted by atomic mass is 16.5. The van der Waals surface area contributed by atoms with Gasteiger partial charge in [-0.3, -0.25) is 9.78 Å². The molecule has 1 aromatic rings. The van der Waals surface area contributed by atoms with Gasteiger partial charge in [-0.2, -0.15) is 0 Å². The van der Waals surface area contributed by atoms with Crippen LogP contribution >= 0.6 is 0 Å². The van der Waals surface area contributed by atoms with E-state index < -0.39 is 0 Å². The third kappa shape index (κ3) is 3.67. The molecule has 82 valence electrons. The number of hydrogen-bond acceptors (Lipinski definition) is 4. The third-order valence-electron chi connectivity index (χ3n) is 2.05. The van der Waals surface area contributed by atoms with Crippen LogP contribution in [0.1, 0.15) is 30.6 Å². The van der Waals surface area contributed by atoms with Crippen LogP contribution in [-0.4, -0.2) is 17.6 Å². The van der Waals surface area contributed by atoms with E-state index >= 15 is 0 Å². The molecular formula is C11H16N2O2. The smallest absolute Gasteiger partial charge is 0.307 e. The summed E-state index contributed by atoms with van der Waals surface area (Å²) >= 11 is 0. The van der Waals surface area contributed by atoms with Crippen LogP contribution in [-0.2, 0) is 9.53 Å². The van der Waals surface area contributed by atoms with Crippen molar-refractivity contribution in [3.8, 4) is 0 Å². The molecule has 0 spiro atoms. The van der Waals surface area contributed by atoms with Gasteiger partial charge in [-0.25, -0.2) is 0 Å². The predicted octanol–water partition coefficient (Wildman–Crippen LogP) is 1.34. The lowest BCUT2D eigenvalue weighted by Gasteiger charge is -2.10. The fourth-order valence-electron chi connectivity index (χ4n) is 1.22. The van der Waals surface area contributed by atoms with E-state index in [1.165, 1.54) is 0 Å². The largest absolute Gasteiger partial charge is 0.466 e. The molecule has 2 N–H and O–H groups in total. The maximum atomic E-state index is 11.2. The average molecular weight is 208 g/mol. The van der Waals surface area contributed by atoms with Crippen molar-refractivity contribution in [3.63, 3.8) is 0 Å². The molecular weight excluding hydrogens is 192 g/mol. The molecule has 0 aliphatic heterocycles. The Hall–Kier alpha value is -1.42. The quantitative estimate of drug-likeness (QED) is 0.758. The molecule has 0 aliphatic rings. The average Bonchev–Trinajstić information content (AvgIpc) is 2.18. The van der Waals surface area contributed by atoms with Crippen molar-refractivity contribution in [3.05, 3.63) is 29.6 Å². The minimum atomic E-state index is -0.336. The number of aromatic nitrogens is 1. The standard InChI is InChI=1S/C11H16N2O2/c1-3-15-11(14)6-10(12)9-5-4-8(2)13-7-9/h4-5,7,10H,3,6,12H2,1-2H3/t10-/m0/s1. The number of rotatable bonds is 4. The number of carbonyl (C=O) groups excluding carboxylic acids is 1. The van der Waals surface area contributed by atoms with Gasteiger partial charge in [0.05, 0.1) is 13.0 Å². The minimum Gasteiger partial charge on any atom is -0.466 e. The summed E-state index contributed by atoms with van der Waals surface area (Å²) in [6, 6.07) is 3.42. The fourth-order valence-corrected chi connectivity index (χ4v) is 1.22. The van der Waals surface area contributed by atoms with Gasteiger partial charge in [0.2, 0.25) is 0 Å². The summed E-state index contributed by atoms with van der Waals surface area (Å²) in [4.78, 5) is 15.3. The Morgan fingerprint density at radius 2 is 2.33 bits per heavy atom. The van der Waals surface area contributed by atoms with E-state index in [4.69, 9.17) is 10.5 Å². The van der Waals surface area contributed by atoms with Gasteiger partial charge in [0.25, 0.3) is 0 Å². The van der Waals surface area contributed by atoms with Gasteiger partial charge in [0.15, 0.2) is 0 Å². The van der Waals surface area contributed by atoms with Gasteiger partial charge < -0.3 is 10.5 Å². The highest BCUT2D eigenvalue weighted by Gasteiger charge is 2.12. The normalized spacial score (nSPS) is 12.2. The molecule has 1 atom stereocenters. The summed E-state index contributed by atoms with van der Waals surface area (Å²) in [6.45, 7) is 4.06. The highest BCUT2D eigenvalue weighted by molar-refractivity contribution is 5.70. The summed E-state index contributed by atoms with van der Waals surface area (Å²) in [5.41, 5.74) is 7.62. The van der Waals surface area contributed by atoms with Crippen molar-refractivity contribution in [2.24, 2.45) is 5.73 Å². The Balaban J connectivity index is 2.57. The lowest BCUT2D eigenvalue weighted by molar-refractivity contribution is -0.143. The molecule has 0 saturated heterocycles. The lowest BCUT2D eigenvalue weighted by Crippen LogP contribution is -2.17. The summed E-state index contributed by atoms with van der Waals surface area (Å²) in [5.74, 6) is -0.273. The van der Waals surface area contributed by atoms with E-state index in [-0.39, 0.29) is 18.4 Å². The zero-order chi connectivity index (χ0) is 11.3. The van der Waals surface area contributed by atoms with E-state index in [2.05, 4.69) is 4.98 Å². The van der Waals surface area contributed by atoms with Crippen LogP contribution in [0.3, 0.4) is 0 Å². The van der Waals surface area contributed by atoms with Crippen LogP contribution in [0.5, 0.6) is 0 Å². The Morgan fingerprint density at radius 1 is 1.60 bits per heavy atom. The molecule has 15 heavy (non-hydrogen) atoms. The number of nitrogens with zero attached hydrogens (tertiary/aromatic N) is 1. The molecule has 0 aromatic carbocycles. The maximum absolute atomic E-state index is 11.2. The van der Waals surface area contributed by atoms with Crippen LogP contribution in [0.15, 0.2) is 18.3 Å². The van der Waals surface area contributed by atoms with Crippen LogP contribution in [0, 0.1) is 6.92 Å². The first kappa shape index (κ1) is 11.7. The molecule has 0 saturated carbocycles. The second kappa shape index (κ2) is 5.46. The zero-order valence-electron chi connectivity index (χ0n) is 9.06. The van der Waals surface area contributed by atoms with Crippen molar-refractivity contribution in [2.75, 3.05) is 6.61 Å². The number of nitrogens with two attached hydrogens (primary N) is 1. The second-order valence-electron chi connectivity index (χ2n) is 3.35. The van der Waals surface area contributed by atoms with Gasteiger partial charge in [-0.15, -0.1) is 0 Å². The lowest BCUT2D eigenvalue weighted by atomic mass is 10.1. The van der Waals surface area contributed by atoms with Gasteiger partial charge in [-0.1, -0.05) is 6.07 Å². The number of carbonyl (C=O) groups is 1. The van der Waals surface area contributed by atoms with E-state index in [0.717, 1.165) is 11.3 Å². The van der Waals surface area contributed by atoms with E-state index in [9.17, 15) is 4.79 Å². The number of aryl methyl sites for hydroxylation is 1. The summed E-state index contributed by atoms with van der Waals surface area (Å²) in [6.07, 6.45) is 1.89. The van der Waals surface area contributed by atoms with Gasteiger partial charge >= 0.3 is 5.97 Å². The van der Waals surface area contributed by atoms with Crippen LogP contribution < -0.4 is 5.73 Å². The highest BCUT2D eigenvalue weighted by Crippen LogP contribution is 2.13.